The van der Waals surface area contributed by atoms with E-state index in [1.807, 2.05) is 44.4 Å². The van der Waals surface area contributed by atoms with Gasteiger partial charge in [0.15, 0.2) is 0 Å². The fourth-order valence-electron chi connectivity index (χ4n) is 1.87. The maximum atomic E-state index is 7.53. The maximum Gasteiger partial charge on any atom is 0.130 e. The van der Waals surface area contributed by atoms with Crippen LogP contribution in [-0.2, 0) is 6.61 Å². The molecule has 0 aliphatic rings. The number of para-hydroxylation sites is 1. The Morgan fingerprint density at radius 3 is 2.29 bits per heavy atom. The third-order valence-corrected chi connectivity index (χ3v) is 3.02. The number of amidine groups is 1. The van der Waals surface area contributed by atoms with Gasteiger partial charge in [0.05, 0.1) is 5.56 Å². The van der Waals surface area contributed by atoms with Crippen LogP contribution in [0.15, 0.2) is 48.5 Å². The van der Waals surface area contributed by atoms with E-state index in [9.17, 15) is 0 Å². The minimum absolute atomic E-state index is 0. The summed E-state index contributed by atoms with van der Waals surface area (Å²) in [6.07, 6.45) is 0. The third-order valence-electron chi connectivity index (χ3n) is 3.02. The van der Waals surface area contributed by atoms with Crippen LogP contribution >= 0.6 is 12.4 Å². The Bertz CT molecular complexity index is 597. The van der Waals surface area contributed by atoms with Crippen LogP contribution in [0.1, 0.15) is 11.1 Å². The molecule has 4 nitrogen and oxygen atoms in total. The Morgan fingerprint density at radius 2 is 1.71 bits per heavy atom. The molecule has 3 N–H and O–H groups in total. The molecule has 2 aromatic rings. The Balaban J connectivity index is 0.00000220. The number of nitrogens with two attached hydrogens (primary N) is 1. The number of ether oxygens (including phenoxy) is 1. The lowest BCUT2D eigenvalue weighted by Gasteiger charge is -2.13. The van der Waals surface area contributed by atoms with E-state index in [0.717, 1.165) is 11.3 Å². The van der Waals surface area contributed by atoms with Crippen molar-refractivity contribution in [2.45, 2.75) is 6.61 Å². The average Bonchev–Trinajstić information content (AvgIpc) is 2.45. The minimum Gasteiger partial charge on any atom is -0.488 e. The lowest BCUT2D eigenvalue weighted by Crippen LogP contribution is -2.13. The van der Waals surface area contributed by atoms with Crippen LogP contribution in [0.25, 0.3) is 0 Å². The molecule has 0 heterocycles. The highest BCUT2D eigenvalue weighted by Gasteiger charge is 2.05. The summed E-state index contributed by atoms with van der Waals surface area (Å²) in [4.78, 5) is 2.05. The van der Waals surface area contributed by atoms with Gasteiger partial charge < -0.3 is 15.4 Å². The molecule has 0 unspecified atom stereocenters. The van der Waals surface area contributed by atoms with Crippen molar-refractivity contribution in [2.75, 3.05) is 19.0 Å². The first-order valence-electron chi connectivity index (χ1n) is 6.40. The first-order valence-corrected chi connectivity index (χ1v) is 6.40. The van der Waals surface area contributed by atoms with E-state index in [2.05, 4.69) is 17.0 Å². The first kappa shape index (κ1) is 16.9. The lowest BCUT2D eigenvalue weighted by atomic mass is 10.2. The number of hydrogen-bond donors (Lipinski definition) is 2. The molecule has 21 heavy (non-hydrogen) atoms. The van der Waals surface area contributed by atoms with Crippen molar-refractivity contribution >= 4 is 23.9 Å². The third kappa shape index (κ3) is 4.39. The van der Waals surface area contributed by atoms with E-state index in [1.54, 1.807) is 6.07 Å². The van der Waals surface area contributed by atoms with Gasteiger partial charge in [-0.15, -0.1) is 12.4 Å². The quantitative estimate of drug-likeness (QED) is 0.659. The van der Waals surface area contributed by atoms with Crippen molar-refractivity contribution < 1.29 is 4.74 Å². The van der Waals surface area contributed by atoms with Crippen LogP contribution < -0.4 is 15.4 Å². The molecule has 0 spiro atoms. The van der Waals surface area contributed by atoms with Gasteiger partial charge in [-0.25, -0.2) is 0 Å². The summed E-state index contributed by atoms with van der Waals surface area (Å²) < 4.78 is 5.75. The normalized spacial score (nSPS) is 9.62. The van der Waals surface area contributed by atoms with Crippen molar-refractivity contribution in [1.29, 1.82) is 5.41 Å². The summed E-state index contributed by atoms with van der Waals surface area (Å²) in [6, 6.07) is 15.5. The van der Waals surface area contributed by atoms with Gasteiger partial charge >= 0.3 is 0 Å². The van der Waals surface area contributed by atoms with Gasteiger partial charge in [-0.05, 0) is 29.8 Å². The molecule has 0 aliphatic carbocycles. The van der Waals surface area contributed by atoms with Gasteiger partial charge in [0, 0.05) is 19.8 Å². The van der Waals surface area contributed by atoms with Crippen LogP contribution in [-0.4, -0.2) is 19.9 Å². The summed E-state index contributed by atoms with van der Waals surface area (Å²) >= 11 is 0. The van der Waals surface area contributed by atoms with E-state index in [1.165, 1.54) is 0 Å². The van der Waals surface area contributed by atoms with Crippen molar-refractivity contribution in [3.05, 3.63) is 59.7 Å². The smallest absolute Gasteiger partial charge is 0.130 e. The zero-order chi connectivity index (χ0) is 14.5. The maximum absolute atomic E-state index is 7.53. The Labute approximate surface area is 131 Å². The summed E-state index contributed by atoms with van der Waals surface area (Å²) in [6.45, 7) is 0.456. The van der Waals surface area contributed by atoms with Crippen LogP contribution in [0.4, 0.5) is 5.69 Å². The number of nitrogen functional groups attached to an aromatic ring is 1. The number of benzene rings is 2. The second kappa shape index (κ2) is 7.55. The molecular weight excluding hydrogens is 286 g/mol. The van der Waals surface area contributed by atoms with Gasteiger partial charge in [0.1, 0.15) is 18.2 Å². The Kier molecular flexibility index (Phi) is 6.06. The molecule has 0 amide bonds. The van der Waals surface area contributed by atoms with E-state index < -0.39 is 0 Å². The zero-order valence-corrected chi connectivity index (χ0v) is 13.0. The van der Waals surface area contributed by atoms with Crippen LogP contribution in [0.5, 0.6) is 5.75 Å². The highest BCUT2D eigenvalue weighted by molar-refractivity contribution is 5.97. The van der Waals surface area contributed by atoms with Crippen LogP contribution in [0.3, 0.4) is 0 Å². The summed E-state index contributed by atoms with van der Waals surface area (Å²) in [5, 5.41) is 7.53. The molecule has 0 atom stereocenters. The molecule has 2 aromatic carbocycles. The highest BCUT2D eigenvalue weighted by atomic mass is 35.5. The van der Waals surface area contributed by atoms with Gasteiger partial charge in [-0.1, -0.05) is 24.3 Å². The number of hydrogen-bond acceptors (Lipinski definition) is 3. The van der Waals surface area contributed by atoms with Gasteiger partial charge in [0.2, 0.25) is 0 Å². The zero-order valence-electron chi connectivity index (χ0n) is 12.2. The van der Waals surface area contributed by atoms with E-state index >= 15 is 0 Å². The topological polar surface area (TPSA) is 62.3 Å². The fourth-order valence-corrected chi connectivity index (χ4v) is 1.87. The molecule has 0 fully saturated rings. The monoisotopic (exact) mass is 305 g/mol. The summed E-state index contributed by atoms with van der Waals surface area (Å²) in [5.74, 6) is 0.653. The molecule has 0 aliphatic heterocycles. The molecule has 0 bridgehead atoms. The van der Waals surface area contributed by atoms with Crippen molar-refractivity contribution in [3.63, 3.8) is 0 Å². The van der Waals surface area contributed by atoms with Crippen molar-refractivity contribution in [3.8, 4) is 5.75 Å². The number of nitrogens with one attached hydrogen (secondary N) is 1. The van der Waals surface area contributed by atoms with Crippen molar-refractivity contribution in [1.82, 2.24) is 0 Å². The number of nitrogens with zero attached hydrogens (tertiary/aromatic N) is 1. The van der Waals surface area contributed by atoms with E-state index in [4.69, 9.17) is 15.9 Å². The molecule has 112 valence electrons. The minimum atomic E-state index is 0. The second-order valence-electron chi connectivity index (χ2n) is 4.76. The molecule has 0 radical (unpaired) electrons. The predicted molar refractivity (Wildman–Crippen MR) is 89.8 cm³/mol. The van der Waals surface area contributed by atoms with E-state index in [0.29, 0.717) is 17.9 Å². The van der Waals surface area contributed by atoms with Crippen LogP contribution in [0, 0.1) is 5.41 Å². The van der Waals surface area contributed by atoms with Gasteiger partial charge in [0.25, 0.3) is 0 Å². The van der Waals surface area contributed by atoms with Gasteiger partial charge in [-0.2, -0.15) is 0 Å². The molecule has 0 aromatic heterocycles. The molecule has 5 heteroatoms. The number of anilines is 1. The average molecular weight is 306 g/mol. The Hall–Kier alpha value is -2.20. The first-order chi connectivity index (χ1) is 9.58. The van der Waals surface area contributed by atoms with Gasteiger partial charge in [-0.3, -0.25) is 5.41 Å². The van der Waals surface area contributed by atoms with Crippen molar-refractivity contribution in [2.24, 2.45) is 5.73 Å². The predicted octanol–water partition coefficient (Wildman–Crippen LogP) is 3.04. The summed E-state index contributed by atoms with van der Waals surface area (Å²) in [5.41, 5.74) is 8.39. The molecular formula is C16H20ClN3O. The number of halogens is 1. The number of rotatable bonds is 5. The lowest BCUT2D eigenvalue weighted by molar-refractivity contribution is 0.305. The molecule has 2 rings (SSSR count). The van der Waals surface area contributed by atoms with E-state index in [-0.39, 0.29) is 18.2 Å². The molecule has 0 saturated carbocycles. The summed E-state index contributed by atoms with van der Waals surface area (Å²) in [7, 11) is 4.02. The fraction of sp³-hybridized carbons (Fsp3) is 0.188. The highest BCUT2D eigenvalue weighted by Crippen LogP contribution is 2.19. The SMILES string of the molecule is CN(C)c1ccc(COc2ccccc2C(=N)N)cc1.Cl. The standard InChI is InChI=1S/C16H19N3O.ClH/c1-19(2)13-9-7-12(8-10-13)11-20-15-6-4-3-5-14(15)16(17)18;/h3-10H,11H2,1-2H3,(H3,17,18);1H. The molecule has 0 saturated heterocycles. The van der Waals surface area contributed by atoms with Crippen LogP contribution in [0.2, 0.25) is 0 Å². The second-order valence-corrected chi connectivity index (χ2v) is 4.76. The largest absolute Gasteiger partial charge is 0.488 e. The Morgan fingerprint density at radius 1 is 1.10 bits per heavy atom.